The Morgan fingerprint density at radius 2 is 2.16 bits per heavy atom. The van der Waals surface area contributed by atoms with Gasteiger partial charge in [0.05, 0.1) is 18.2 Å². The van der Waals surface area contributed by atoms with Crippen LogP contribution < -0.4 is 11.1 Å². The average Bonchev–Trinajstić information content (AvgIpc) is 2.37. The molecule has 6 nitrogen and oxygen atoms in total. The molecule has 0 fully saturated rings. The summed E-state index contributed by atoms with van der Waals surface area (Å²) in [7, 11) is 0. The summed E-state index contributed by atoms with van der Waals surface area (Å²) < 4.78 is 0. The van der Waals surface area contributed by atoms with Gasteiger partial charge in [-0.15, -0.1) is 0 Å². The van der Waals surface area contributed by atoms with Gasteiger partial charge in [-0.2, -0.15) is 4.98 Å². The van der Waals surface area contributed by atoms with Crippen LogP contribution in [0.4, 0.5) is 11.8 Å². The number of aliphatic hydroxyl groups excluding tert-OH is 1. The number of nitrogens with zero attached hydrogens (tertiary/aromatic N) is 3. The fourth-order valence-electron chi connectivity index (χ4n) is 2.03. The van der Waals surface area contributed by atoms with Crippen LogP contribution in [0.1, 0.15) is 20.3 Å². The molecule has 102 valence electrons. The van der Waals surface area contributed by atoms with Gasteiger partial charge in [-0.1, -0.05) is 13.8 Å². The number of hydrogen-bond donors (Lipinski definition) is 3. The lowest BCUT2D eigenvalue weighted by atomic mass is 10.0. The molecule has 0 amide bonds. The Labute approximate surface area is 112 Å². The van der Waals surface area contributed by atoms with E-state index in [0.29, 0.717) is 22.8 Å². The number of hydrogen-bond acceptors (Lipinski definition) is 6. The average molecular weight is 261 g/mol. The molecule has 0 saturated heterocycles. The van der Waals surface area contributed by atoms with E-state index in [1.807, 2.05) is 6.07 Å². The summed E-state index contributed by atoms with van der Waals surface area (Å²) in [5.74, 6) is 1.25. The molecule has 0 saturated carbocycles. The fourth-order valence-corrected chi connectivity index (χ4v) is 2.03. The molecule has 0 bridgehead atoms. The third-order valence-electron chi connectivity index (χ3n) is 2.79. The highest BCUT2D eigenvalue weighted by Crippen LogP contribution is 2.20. The Hall–Kier alpha value is -1.95. The minimum absolute atomic E-state index is 0.0381. The summed E-state index contributed by atoms with van der Waals surface area (Å²) >= 11 is 0. The third-order valence-corrected chi connectivity index (χ3v) is 2.79. The zero-order chi connectivity index (χ0) is 13.8. The first-order valence-electron chi connectivity index (χ1n) is 6.35. The second-order valence-corrected chi connectivity index (χ2v) is 4.95. The Balaban J connectivity index is 2.33. The smallest absolute Gasteiger partial charge is 0.222 e. The fraction of sp³-hybridized carbons (Fsp3) is 0.462. The van der Waals surface area contributed by atoms with Crippen molar-refractivity contribution in [3.05, 3.63) is 18.3 Å². The van der Waals surface area contributed by atoms with E-state index < -0.39 is 0 Å². The Kier molecular flexibility index (Phi) is 4.11. The SMILES string of the molecule is CC(C)C[C@@H](CO)Nc1nc(N)nc2cccnc12. The van der Waals surface area contributed by atoms with E-state index in [0.717, 1.165) is 6.42 Å². The summed E-state index contributed by atoms with van der Waals surface area (Å²) in [6, 6.07) is 3.57. The standard InChI is InChI=1S/C13H19N5O/c1-8(2)6-9(7-19)16-12-11-10(4-3-5-15-11)17-13(14)18-12/h3-5,8-9,19H,6-7H2,1-2H3,(H3,14,16,17,18)/t9-/m0/s1. The van der Waals surface area contributed by atoms with Gasteiger partial charge in [-0.05, 0) is 24.5 Å². The largest absolute Gasteiger partial charge is 0.394 e. The van der Waals surface area contributed by atoms with Gasteiger partial charge in [-0.3, -0.25) is 4.98 Å². The number of rotatable bonds is 5. The van der Waals surface area contributed by atoms with Gasteiger partial charge in [0.25, 0.3) is 0 Å². The van der Waals surface area contributed by atoms with E-state index in [4.69, 9.17) is 5.73 Å². The van der Waals surface area contributed by atoms with Gasteiger partial charge in [0.2, 0.25) is 5.95 Å². The summed E-state index contributed by atoms with van der Waals surface area (Å²) in [5, 5.41) is 12.6. The van der Waals surface area contributed by atoms with Crippen molar-refractivity contribution in [1.29, 1.82) is 0 Å². The topological polar surface area (TPSA) is 97.0 Å². The van der Waals surface area contributed by atoms with Crippen LogP contribution in [-0.2, 0) is 0 Å². The van der Waals surface area contributed by atoms with Crippen LogP contribution in [-0.4, -0.2) is 32.7 Å². The molecule has 0 aliphatic carbocycles. The number of fused-ring (bicyclic) bond motifs is 1. The maximum absolute atomic E-state index is 9.42. The molecule has 1 atom stereocenters. The molecule has 0 aliphatic heterocycles. The molecule has 6 heteroatoms. The number of nitrogens with two attached hydrogens (primary N) is 1. The molecule has 0 unspecified atom stereocenters. The highest BCUT2D eigenvalue weighted by atomic mass is 16.3. The molecule has 19 heavy (non-hydrogen) atoms. The van der Waals surface area contributed by atoms with Gasteiger partial charge in [0.1, 0.15) is 5.52 Å². The maximum atomic E-state index is 9.42. The van der Waals surface area contributed by atoms with E-state index in [-0.39, 0.29) is 18.6 Å². The molecule has 2 aromatic rings. The predicted octanol–water partition coefficient (Wildman–Crippen LogP) is 1.43. The second-order valence-electron chi connectivity index (χ2n) is 4.95. The first-order valence-corrected chi connectivity index (χ1v) is 6.35. The number of aromatic nitrogens is 3. The van der Waals surface area contributed by atoms with E-state index in [2.05, 4.69) is 34.1 Å². The third kappa shape index (κ3) is 3.29. The molecule has 0 spiro atoms. The van der Waals surface area contributed by atoms with Crippen molar-refractivity contribution in [2.75, 3.05) is 17.7 Å². The molecule has 0 radical (unpaired) electrons. The first kappa shape index (κ1) is 13.5. The van der Waals surface area contributed by atoms with Gasteiger partial charge >= 0.3 is 0 Å². The first-order chi connectivity index (χ1) is 9.10. The van der Waals surface area contributed by atoms with Gasteiger partial charge in [0, 0.05) is 6.20 Å². The molecular weight excluding hydrogens is 242 g/mol. The Morgan fingerprint density at radius 3 is 2.84 bits per heavy atom. The van der Waals surface area contributed by atoms with Crippen molar-refractivity contribution >= 4 is 22.8 Å². The monoisotopic (exact) mass is 261 g/mol. The van der Waals surface area contributed by atoms with Crippen LogP contribution in [0.3, 0.4) is 0 Å². The summed E-state index contributed by atoms with van der Waals surface area (Å²) in [6.45, 7) is 4.25. The van der Waals surface area contributed by atoms with Crippen LogP contribution >= 0.6 is 0 Å². The van der Waals surface area contributed by atoms with E-state index in [9.17, 15) is 5.11 Å². The van der Waals surface area contributed by atoms with Crippen LogP contribution in [0.25, 0.3) is 11.0 Å². The van der Waals surface area contributed by atoms with Crippen LogP contribution in [0.5, 0.6) is 0 Å². The minimum Gasteiger partial charge on any atom is -0.394 e. The number of pyridine rings is 1. The van der Waals surface area contributed by atoms with E-state index in [1.165, 1.54) is 0 Å². The lowest BCUT2D eigenvalue weighted by Crippen LogP contribution is -2.26. The van der Waals surface area contributed by atoms with Crippen molar-refractivity contribution in [2.45, 2.75) is 26.3 Å². The van der Waals surface area contributed by atoms with E-state index in [1.54, 1.807) is 12.3 Å². The minimum atomic E-state index is -0.0699. The van der Waals surface area contributed by atoms with Crippen LogP contribution in [0.15, 0.2) is 18.3 Å². The van der Waals surface area contributed by atoms with Crippen LogP contribution in [0.2, 0.25) is 0 Å². The van der Waals surface area contributed by atoms with Gasteiger partial charge in [-0.25, -0.2) is 4.98 Å². The highest BCUT2D eigenvalue weighted by molar-refractivity contribution is 5.85. The molecule has 4 N–H and O–H groups in total. The molecular formula is C13H19N5O. The molecule has 2 rings (SSSR count). The number of aliphatic hydroxyl groups is 1. The lowest BCUT2D eigenvalue weighted by Gasteiger charge is -2.19. The molecule has 2 heterocycles. The Morgan fingerprint density at radius 1 is 1.37 bits per heavy atom. The van der Waals surface area contributed by atoms with Crippen molar-refractivity contribution in [3.8, 4) is 0 Å². The molecule has 0 aliphatic rings. The molecule has 2 aromatic heterocycles. The number of anilines is 2. The Bertz CT molecular complexity index is 558. The zero-order valence-electron chi connectivity index (χ0n) is 11.2. The highest BCUT2D eigenvalue weighted by Gasteiger charge is 2.14. The van der Waals surface area contributed by atoms with Crippen LogP contribution in [0, 0.1) is 5.92 Å². The van der Waals surface area contributed by atoms with E-state index >= 15 is 0 Å². The summed E-state index contributed by atoms with van der Waals surface area (Å²) in [4.78, 5) is 12.6. The van der Waals surface area contributed by atoms with Crippen molar-refractivity contribution in [3.63, 3.8) is 0 Å². The van der Waals surface area contributed by atoms with Crippen molar-refractivity contribution in [1.82, 2.24) is 15.0 Å². The normalized spacial score (nSPS) is 12.8. The zero-order valence-corrected chi connectivity index (χ0v) is 11.2. The van der Waals surface area contributed by atoms with Gasteiger partial charge < -0.3 is 16.2 Å². The maximum Gasteiger partial charge on any atom is 0.222 e. The number of nitrogens with one attached hydrogen (secondary N) is 1. The summed E-state index contributed by atoms with van der Waals surface area (Å²) in [5.41, 5.74) is 7.05. The predicted molar refractivity (Wildman–Crippen MR) is 75.7 cm³/mol. The quantitative estimate of drug-likeness (QED) is 0.753. The van der Waals surface area contributed by atoms with Crippen molar-refractivity contribution < 1.29 is 5.11 Å². The number of nitrogen functional groups attached to an aromatic ring is 1. The summed E-state index contributed by atoms with van der Waals surface area (Å²) in [6.07, 6.45) is 2.53. The lowest BCUT2D eigenvalue weighted by molar-refractivity contribution is 0.259. The van der Waals surface area contributed by atoms with Crippen molar-refractivity contribution in [2.24, 2.45) is 5.92 Å². The molecule has 0 aromatic carbocycles. The second kappa shape index (κ2) is 5.79. The van der Waals surface area contributed by atoms with Gasteiger partial charge in [0.15, 0.2) is 5.82 Å².